The zero-order valence-electron chi connectivity index (χ0n) is 5.02. The molecule has 4 nitrogen and oxygen atoms in total. The normalized spacial score (nSPS) is 9.30. The summed E-state index contributed by atoms with van der Waals surface area (Å²) in [7, 11) is 0. The van der Waals surface area contributed by atoms with Crippen LogP contribution in [-0.2, 0) is 9.32 Å². The molecule has 0 unspecified atom stereocenters. The van der Waals surface area contributed by atoms with Crippen LogP contribution >= 0.6 is 12.9 Å². The Labute approximate surface area is 63.7 Å². The van der Waals surface area contributed by atoms with Gasteiger partial charge in [-0.25, -0.2) is 5.48 Å². The number of aromatic nitrogens is 1. The second kappa shape index (κ2) is 4.10. The number of pyridine rings is 1. The average molecular weight is 158 g/mol. The summed E-state index contributed by atoms with van der Waals surface area (Å²) in [5, 5.41) is 0. The maximum atomic E-state index is 4.29. The minimum atomic E-state index is 0.705. The predicted octanol–water partition coefficient (Wildman–Crippen LogP) is 1.20. The molecule has 0 aromatic carbocycles. The van der Waals surface area contributed by atoms with Crippen LogP contribution in [0.5, 0.6) is 0 Å². The van der Waals surface area contributed by atoms with E-state index in [1.165, 1.54) is 0 Å². The first-order valence-electron chi connectivity index (χ1n) is 2.56. The first-order valence-corrected chi connectivity index (χ1v) is 2.93. The lowest BCUT2D eigenvalue weighted by molar-refractivity contribution is -0.158. The molecule has 0 fully saturated rings. The predicted molar refractivity (Wildman–Crippen MR) is 39.0 cm³/mol. The van der Waals surface area contributed by atoms with Crippen molar-refractivity contribution in [2.75, 3.05) is 5.48 Å². The SMILES string of the molecule is SOONc1cccnc1. The van der Waals surface area contributed by atoms with E-state index in [1.54, 1.807) is 24.5 Å². The van der Waals surface area contributed by atoms with E-state index in [-0.39, 0.29) is 0 Å². The van der Waals surface area contributed by atoms with Crippen molar-refractivity contribution in [3.8, 4) is 0 Å². The third-order valence-corrected chi connectivity index (χ3v) is 0.933. The topological polar surface area (TPSA) is 43.4 Å². The molecule has 0 saturated carbocycles. The quantitative estimate of drug-likeness (QED) is 0.300. The van der Waals surface area contributed by atoms with E-state index in [4.69, 9.17) is 0 Å². The minimum Gasteiger partial charge on any atom is -0.262 e. The van der Waals surface area contributed by atoms with Gasteiger partial charge in [-0.2, -0.15) is 0 Å². The summed E-state index contributed by atoms with van der Waals surface area (Å²) in [6.45, 7) is 0. The highest BCUT2D eigenvalue weighted by Crippen LogP contribution is 2.01. The second-order valence-corrected chi connectivity index (χ2v) is 1.65. The molecule has 0 saturated heterocycles. The lowest BCUT2D eigenvalue weighted by Crippen LogP contribution is -1.96. The first kappa shape index (κ1) is 7.33. The van der Waals surface area contributed by atoms with Gasteiger partial charge in [0.05, 0.1) is 11.9 Å². The van der Waals surface area contributed by atoms with Gasteiger partial charge in [-0.3, -0.25) is 4.98 Å². The van der Waals surface area contributed by atoms with Crippen molar-refractivity contribution < 1.29 is 9.32 Å². The third kappa shape index (κ3) is 2.22. The molecule has 0 aliphatic carbocycles. The van der Waals surface area contributed by atoms with Crippen LogP contribution < -0.4 is 5.48 Å². The first-order chi connectivity index (χ1) is 4.93. The van der Waals surface area contributed by atoms with Crippen molar-refractivity contribution >= 4 is 18.6 Å². The van der Waals surface area contributed by atoms with Crippen molar-refractivity contribution in [3.63, 3.8) is 0 Å². The summed E-state index contributed by atoms with van der Waals surface area (Å²) in [6, 6.07) is 3.55. The van der Waals surface area contributed by atoms with Gasteiger partial charge < -0.3 is 0 Å². The molecule has 0 spiro atoms. The van der Waals surface area contributed by atoms with Gasteiger partial charge >= 0.3 is 0 Å². The van der Waals surface area contributed by atoms with E-state index < -0.39 is 0 Å². The standard InChI is InChI=1S/C5H6N2O2S/c10-9-8-7-5-2-1-3-6-4-5/h1-4,7,10H. The maximum Gasteiger partial charge on any atom is 0.0818 e. The fourth-order valence-corrected chi connectivity index (χ4v) is 0.527. The van der Waals surface area contributed by atoms with Crippen molar-refractivity contribution in [1.29, 1.82) is 0 Å². The smallest absolute Gasteiger partial charge is 0.0818 e. The minimum absolute atomic E-state index is 0.705. The molecule has 54 valence electrons. The van der Waals surface area contributed by atoms with Crippen molar-refractivity contribution in [2.45, 2.75) is 0 Å². The summed E-state index contributed by atoms with van der Waals surface area (Å²) in [5.74, 6) is 0. The fourth-order valence-electron chi connectivity index (χ4n) is 0.490. The molecule has 0 radical (unpaired) electrons. The lowest BCUT2D eigenvalue weighted by atomic mass is 10.4. The number of rotatable bonds is 3. The molecule has 0 bridgehead atoms. The number of hydrogen-bond donors (Lipinski definition) is 2. The van der Waals surface area contributed by atoms with E-state index in [2.05, 4.69) is 32.7 Å². The highest BCUT2D eigenvalue weighted by Gasteiger charge is 1.86. The van der Waals surface area contributed by atoms with Gasteiger partial charge in [-0.15, -0.1) is 9.32 Å². The molecule has 1 heterocycles. The summed E-state index contributed by atoms with van der Waals surface area (Å²) in [6.07, 6.45) is 3.25. The lowest BCUT2D eigenvalue weighted by Gasteiger charge is -1.99. The average Bonchev–Trinajstić information content (AvgIpc) is 2.03. The van der Waals surface area contributed by atoms with E-state index in [1.807, 2.05) is 0 Å². The van der Waals surface area contributed by atoms with Crippen LogP contribution in [-0.4, -0.2) is 4.98 Å². The summed E-state index contributed by atoms with van der Waals surface area (Å²) in [5.41, 5.74) is 3.14. The number of anilines is 1. The van der Waals surface area contributed by atoms with Crippen LogP contribution in [0.1, 0.15) is 0 Å². The number of hydrogen-bond acceptors (Lipinski definition) is 5. The summed E-state index contributed by atoms with van der Waals surface area (Å²) >= 11 is 3.35. The van der Waals surface area contributed by atoms with E-state index in [0.29, 0.717) is 5.69 Å². The second-order valence-electron chi connectivity index (χ2n) is 1.50. The Bertz CT molecular complexity index is 182. The molecular formula is C5H6N2O2S. The summed E-state index contributed by atoms with van der Waals surface area (Å²) in [4.78, 5) is 8.11. The monoisotopic (exact) mass is 158 g/mol. The van der Waals surface area contributed by atoms with Crippen molar-refractivity contribution in [2.24, 2.45) is 0 Å². The van der Waals surface area contributed by atoms with Crippen LogP contribution in [0.3, 0.4) is 0 Å². The molecule has 5 heteroatoms. The van der Waals surface area contributed by atoms with Gasteiger partial charge in [0.25, 0.3) is 0 Å². The molecule has 1 aromatic rings. The number of nitrogens with one attached hydrogen (secondary N) is 1. The Morgan fingerprint density at radius 2 is 2.50 bits per heavy atom. The molecular weight excluding hydrogens is 152 g/mol. The van der Waals surface area contributed by atoms with Crippen LogP contribution in [0.25, 0.3) is 0 Å². The molecule has 1 rings (SSSR count). The van der Waals surface area contributed by atoms with Crippen LogP contribution in [0, 0.1) is 0 Å². The largest absolute Gasteiger partial charge is 0.262 e. The Morgan fingerprint density at radius 3 is 3.10 bits per heavy atom. The highest BCUT2D eigenvalue weighted by atomic mass is 32.1. The Hall–Kier alpha value is -0.780. The van der Waals surface area contributed by atoms with Crippen LogP contribution in [0.4, 0.5) is 5.69 Å². The van der Waals surface area contributed by atoms with Crippen LogP contribution in [0.15, 0.2) is 24.5 Å². The molecule has 1 N–H and O–H groups in total. The molecule has 10 heavy (non-hydrogen) atoms. The molecule has 0 aliphatic rings. The summed E-state index contributed by atoms with van der Waals surface area (Å²) < 4.78 is 4.00. The highest BCUT2D eigenvalue weighted by molar-refractivity contribution is 7.74. The fraction of sp³-hybridized carbons (Fsp3) is 0. The van der Waals surface area contributed by atoms with Crippen molar-refractivity contribution in [1.82, 2.24) is 4.98 Å². The molecule has 0 aliphatic heterocycles. The third-order valence-electron chi connectivity index (χ3n) is 0.858. The van der Waals surface area contributed by atoms with Gasteiger partial charge in [0.15, 0.2) is 0 Å². The van der Waals surface area contributed by atoms with E-state index >= 15 is 0 Å². The van der Waals surface area contributed by atoms with Gasteiger partial charge in [-0.1, -0.05) is 0 Å². The van der Waals surface area contributed by atoms with Crippen molar-refractivity contribution in [3.05, 3.63) is 24.5 Å². The zero-order chi connectivity index (χ0) is 7.23. The van der Waals surface area contributed by atoms with E-state index in [9.17, 15) is 0 Å². The van der Waals surface area contributed by atoms with Gasteiger partial charge in [-0.05, 0) is 12.1 Å². The zero-order valence-corrected chi connectivity index (χ0v) is 5.91. The maximum absolute atomic E-state index is 4.29. The number of nitrogens with zero attached hydrogens (tertiary/aromatic N) is 1. The Balaban J connectivity index is 2.43. The van der Waals surface area contributed by atoms with Gasteiger partial charge in [0.1, 0.15) is 0 Å². The Kier molecular flexibility index (Phi) is 3.01. The van der Waals surface area contributed by atoms with Gasteiger partial charge in [0, 0.05) is 19.1 Å². The number of thiol groups is 1. The van der Waals surface area contributed by atoms with Gasteiger partial charge in [0.2, 0.25) is 0 Å². The molecule has 0 amide bonds. The Morgan fingerprint density at radius 1 is 1.60 bits per heavy atom. The molecule has 0 atom stereocenters. The van der Waals surface area contributed by atoms with Crippen LogP contribution in [0.2, 0.25) is 0 Å². The van der Waals surface area contributed by atoms with E-state index in [0.717, 1.165) is 0 Å². The molecule has 1 aromatic heterocycles.